The van der Waals surface area contributed by atoms with Gasteiger partial charge in [0.1, 0.15) is 12.2 Å². The highest BCUT2D eigenvalue weighted by atomic mass is 31.2. The zero-order chi connectivity index (χ0) is 23.2. The average molecular weight is 455 g/mol. The summed E-state index contributed by atoms with van der Waals surface area (Å²) in [5.41, 5.74) is 4.85. The lowest BCUT2D eigenvalue weighted by Crippen LogP contribution is -2.42. The van der Waals surface area contributed by atoms with Crippen molar-refractivity contribution < 1.29 is 47.5 Å². The Morgan fingerprint density at radius 2 is 1.73 bits per heavy atom. The molecule has 0 aromatic heterocycles. The normalized spacial score (nSPS) is 14.9. The predicted molar refractivity (Wildman–Crippen MR) is 103 cm³/mol. The van der Waals surface area contributed by atoms with Crippen molar-refractivity contribution in [2.75, 3.05) is 33.0 Å². The summed E-state index contributed by atoms with van der Waals surface area (Å²) in [6.45, 7) is 1.89. The average Bonchev–Trinajstić information content (AvgIpc) is 2.58. The molecule has 0 aliphatic heterocycles. The first-order valence-corrected chi connectivity index (χ1v) is 10.6. The molecule has 0 aliphatic carbocycles. The first-order chi connectivity index (χ1) is 13.9. The molecule has 0 saturated heterocycles. The summed E-state index contributed by atoms with van der Waals surface area (Å²) in [5, 5.41) is 13.9. The van der Waals surface area contributed by atoms with E-state index in [0.29, 0.717) is 6.42 Å². The van der Waals surface area contributed by atoms with Crippen molar-refractivity contribution in [3.8, 4) is 0 Å². The fourth-order valence-corrected chi connectivity index (χ4v) is 2.67. The van der Waals surface area contributed by atoms with Gasteiger partial charge in [0, 0.05) is 13.2 Å². The van der Waals surface area contributed by atoms with Crippen LogP contribution < -0.4 is 16.4 Å². The van der Waals surface area contributed by atoms with E-state index in [0.717, 1.165) is 0 Å². The highest BCUT2D eigenvalue weighted by molar-refractivity contribution is 7.47. The van der Waals surface area contributed by atoms with Gasteiger partial charge in [0.2, 0.25) is 17.7 Å². The fraction of sp³-hybridized carbons (Fsp3) is 0.750. The third kappa shape index (κ3) is 17.0. The summed E-state index contributed by atoms with van der Waals surface area (Å²) < 4.78 is 26.7. The smallest absolute Gasteiger partial charge is 0.393 e. The predicted octanol–water partition coefficient (Wildman–Crippen LogP) is -1.64. The Balaban J connectivity index is 4.47. The number of Topliss-reactive ketones (excluding diaryl/α,β-unsaturated/α-hetero) is 1. The van der Waals surface area contributed by atoms with Crippen LogP contribution in [-0.4, -0.2) is 78.6 Å². The maximum Gasteiger partial charge on any atom is 0.472 e. The van der Waals surface area contributed by atoms with Gasteiger partial charge in [-0.15, -0.1) is 0 Å². The van der Waals surface area contributed by atoms with E-state index in [1.807, 2.05) is 0 Å². The van der Waals surface area contributed by atoms with Crippen LogP contribution >= 0.6 is 7.82 Å². The van der Waals surface area contributed by atoms with E-state index in [9.17, 15) is 33.7 Å². The van der Waals surface area contributed by atoms with Crippen molar-refractivity contribution in [1.82, 2.24) is 10.6 Å². The van der Waals surface area contributed by atoms with Crippen molar-refractivity contribution in [3.63, 3.8) is 0 Å². The van der Waals surface area contributed by atoms with Crippen molar-refractivity contribution in [2.45, 2.75) is 45.3 Å². The molecule has 2 unspecified atom stereocenters. The van der Waals surface area contributed by atoms with E-state index >= 15 is 0 Å². The van der Waals surface area contributed by atoms with Gasteiger partial charge in [0.15, 0.2) is 0 Å². The van der Waals surface area contributed by atoms with Crippen molar-refractivity contribution in [1.29, 1.82) is 0 Å². The minimum absolute atomic E-state index is 0.0977. The highest BCUT2D eigenvalue weighted by Crippen LogP contribution is 2.42. The van der Waals surface area contributed by atoms with Crippen LogP contribution in [-0.2, 0) is 37.5 Å². The Morgan fingerprint density at radius 3 is 2.30 bits per heavy atom. The Kier molecular flexibility index (Phi) is 14.0. The number of rotatable bonds is 17. The number of nitrogens with one attached hydrogen (secondary N) is 2. The van der Waals surface area contributed by atoms with E-state index in [1.165, 1.54) is 6.92 Å². The highest BCUT2D eigenvalue weighted by Gasteiger charge is 2.24. The Labute approximate surface area is 174 Å². The Morgan fingerprint density at radius 1 is 1.07 bits per heavy atom. The Bertz CT molecular complexity index is 628. The third-order valence-corrected chi connectivity index (χ3v) is 4.21. The zero-order valence-electron chi connectivity index (χ0n) is 17.0. The summed E-state index contributed by atoms with van der Waals surface area (Å²) in [4.78, 5) is 54.3. The molecular weight excluding hydrogens is 425 g/mol. The number of hydrogen-bond donors (Lipinski definition) is 5. The molecule has 14 heteroatoms. The van der Waals surface area contributed by atoms with Crippen LogP contribution in [0.25, 0.3) is 0 Å². The number of carbonyl (C=O) groups excluding carboxylic acids is 4. The molecule has 174 valence electrons. The summed E-state index contributed by atoms with van der Waals surface area (Å²) in [7, 11) is -4.52. The molecule has 3 atom stereocenters. The third-order valence-electron chi connectivity index (χ3n) is 3.23. The van der Waals surface area contributed by atoms with Gasteiger partial charge < -0.3 is 31.1 Å². The van der Waals surface area contributed by atoms with Crippen LogP contribution in [0.2, 0.25) is 0 Å². The number of nitrogens with two attached hydrogens (primary N) is 1. The first kappa shape index (κ1) is 28.1. The van der Waals surface area contributed by atoms with Crippen molar-refractivity contribution >= 4 is 31.3 Å². The topological polar surface area (TPSA) is 204 Å². The van der Waals surface area contributed by atoms with E-state index in [4.69, 9.17) is 15.0 Å². The molecule has 0 aliphatic rings. The molecule has 6 N–H and O–H groups in total. The number of hydrogen-bond acceptors (Lipinski definition) is 9. The largest absolute Gasteiger partial charge is 0.472 e. The molecule has 0 fully saturated rings. The Hall–Kier alpha value is -1.89. The fourth-order valence-electron chi connectivity index (χ4n) is 1.91. The molecule has 0 radical (unpaired) electrons. The molecule has 0 aromatic rings. The number of aliphatic hydroxyl groups is 1. The van der Waals surface area contributed by atoms with Crippen LogP contribution in [0.4, 0.5) is 0 Å². The number of phosphoric acid groups is 1. The molecule has 0 heterocycles. The maximum atomic E-state index is 11.9. The summed E-state index contributed by atoms with van der Waals surface area (Å²) in [5.74, 6) is -2.46. The summed E-state index contributed by atoms with van der Waals surface area (Å²) in [6.07, 6.45) is -1.13. The van der Waals surface area contributed by atoms with Gasteiger partial charge >= 0.3 is 7.82 Å². The standard InChI is InChI=1S/C16H30N3O10P/c1-11(20)3-5-27-9-13(19-16(24)7-12(2)21)10-29-30(25,26)28-6-4-18-15(23)8-14(17)22/h11,13,20H,3-10H2,1-2H3,(H2,17,22)(H,18,23)(H,19,24)(H,25,26)/t11-,13?/m1/s1. The minimum Gasteiger partial charge on any atom is -0.393 e. The SMILES string of the molecule is CC(=O)CC(=O)NC(COCC[C@@H](C)O)COP(=O)(O)OCCNC(=O)CC(N)=O. The second-order valence-corrected chi connectivity index (χ2v) is 7.90. The quantitative estimate of drug-likeness (QED) is 0.0961. The second-order valence-electron chi connectivity index (χ2n) is 6.45. The molecule has 13 nitrogen and oxygen atoms in total. The van der Waals surface area contributed by atoms with E-state index in [2.05, 4.69) is 15.2 Å². The molecule has 3 amide bonds. The van der Waals surface area contributed by atoms with E-state index < -0.39 is 50.7 Å². The lowest BCUT2D eigenvalue weighted by atomic mass is 10.2. The number of primary amides is 1. The molecule has 0 bridgehead atoms. The first-order valence-electron chi connectivity index (χ1n) is 9.12. The molecule has 0 saturated carbocycles. The number of carbonyl (C=O) groups is 4. The van der Waals surface area contributed by atoms with Crippen LogP contribution in [0.1, 0.15) is 33.1 Å². The minimum atomic E-state index is -4.52. The number of ketones is 1. The van der Waals surface area contributed by atoms with Gasteiger partial charge in [-0.25, -0.2) is 4.57 Å². The maximum absolute atomic E-state index is 11.9. The van der Waals surface area contributed by atoms with Crippen LogP contribution in [0, 0.1) is 0 Å². The molecule has 0 spiro atoms. The van der Waals surface area contributed by atoms with Gasteiger partial charge in [0.05, 0.1) is 38.4 Å². The van der Waals surface area contributed by atoms with Gasteiger partial charge in [-0.05, 0) is 20.3 Å². The van der Waals surface area contributed by atoms with Crippen molar-refractivity contribution in [3.05, 3.63) is 0 Å². The zero-order valence-corrected chi connectivity index (χ0v) is 17.9. The van der Waals surface area contributed by atoms with Crippen LogP contribution in [0.3, 0.4) is 0 Å². The van der Waals surface area contributed by atoms with E-state index in [-0.39, 0.29) is 38.6 Å². The molecule has 30 heavy (non-hydrogen) atoms. The number of phosphoric ester groups is 1. The van der Waals surface area contributed by atoms with E-state index in [1.54, 1.807) is 6.92 Å². The number of amides is 3. The molecule has 0 rings (SSSR count). The van der Waals surface area contributed by atoms with Crippen LogP contribution in [0.15, 0.2) is 0 Å². The van der Waals surface area contributed by atoms with Gasteiger partial charge in [-0.1, -0.05) is 0 Å². The summed E-state index contributed by atoms with van der Waals surface area (Å²) in [6, 6.07) is -0.856. The number of ether oxygens (including phenoxy) is 1. The van der Waals surface area contributed by atoms with Gasteiger partial charge in [0.25, 0.3) is 0 Å². The lowest BCUT2D eigenvalue weighted by molar-refractivity contribution is -0.129. The summed E-state index contributed by atoms with van der Waals surface area (Å²) >= 11 is 0. The van der Waals surface area contributed by atoms with Crippen molar-refractivity contribution in [2.24, 2.45) is 5.73 Å². The monoisotopic (exact) mass is 455 g/mol. The van der Waals surface area contributed by atoms with Crippen LogP contribution in [0.5, 0.6) is 0 Å². The van der Waals surface area contributed by atoms with Gasteiger partial charge in [-0.3, -0.25) is 28.2 Å². The molecule has 0 aromatic carbocycles. The molecular formula is C16H30N3O10P. The van der Waals surface area contributed by atoms with Gasteiger partial charge in [-0.2, -0.15) is 0 Å². The second kappa shape index (κ2) is 15.0. The number of aliphatic hydroxyl groups excluding tert-OH is 1. The lowest BCUT2D eigenvalue weighted by Gasteiger charge is -2.20.